The van der Waals surface area contributed by atoms with Gasteiger partial charge in [0.2, 0.25) is 0 Å². The molecule has 0 N–H and O–H groups in total. The molecule has 8 aromatic rings. The van der Waals surface area contributed by atoms with Gasteiger partial charge in [-0.3, -0.25) is 0 Å². The summed E-state index contributed by atoms with van der Waals surface area (Å²) >= 11 is -2.44. The summed E-state index contributed by atoms with van der Waals surface area (Å²) in [4.78, 5) is 0. The molecule has 0 aliphatic carbocycles. The van der Waals surface area contributed by atoms with E-state index in [1.807, 2.05) is 36.4 Å². The molecule has 0 amide bonds. The first-order chi connectivity index (χ1) is 21.7. The molecule has 8 rings (SSSR count). The zero-order valence-electron chi connectivity index (χ0n) is 24.1. The molecule has 8 aromatic carbocycles. The third-order valence-corrected chi connectivity index (χ3v) is 12.2. The summed E-state index contributed by atoms with van der Waals surface area (Å²) in [6.07, 6.45) is 0. The van der Waals surface area contributed by atoms with Gasteiger partial charge < -0.3 is 0 Å². The molecule has 0 fully saturated rings. The molecular weight excluding hydrogens is 655 g/mol. The first-order valence-corrected chi connectivity index (χ1v) is 22.1. The van der Waals surface area contributed by atoms with Crippen LogP contribution in [0, 0.1) is 0 Å². The Labute approximate surface area is 273 Å². The van der Waals surface area contributed by atoms with Crippen LogP contribution in [0.5, 0.6) is 0 Å². The number of benzene rings is 6. The van der Waals surface area contributed by atoms with Crippen molar-refractivity contribution in [1.82, 2.24) is 0 Å². The maximum Gasteiger partial charge on any atom is -0.0623 e. The Balaban J connectivity index is 0.000000117. The second-order valence-corrected chi connectivity index (χ2v) is 18.5. The predicted molar refractivity (Wildman–Crippen MR) is 190 cm³/mol. The van der Waals surface area contributed by atoms with Gasteiger partial charge in [-0.15, -0.1) is 86.4 Å². The fraction of sp³-hybridized carbons (Fsp3) is 0. The minimum atomic E-state index is -2.44. The van der Waals surface area contributed by atoms with E-state index in [-0.39, 0.29) is 0 Å². The summed E-state index contributed by atoms with van der Waals surface area (Å²) in [5, 5.41) is 8.05. The van der Waals surface area contributed by atoms with Crippen LogP contribution in [0.2, 0.25) is 0 Å². The van der Waals surface area contributed by atoms with Crippen molar-refractivity contribution in [2.24, 2.45) is 0 Å². The summed E-state index contributed by atoms with van der Waals surface area (Å²) in [6.45, 7) is 0. The average molecular weight is 685 g/mol. The smallest absolute Gasteiger partial charge is 0.0623 e. The van der Waals surface area contributed by atoms with E-state index in [1.165, 1.54) is 43.4 Å². The van der Waals surface area contributed by atoms with Gasteiger partial charge in [-0.05, 0) is 0 Å². The van der Waals surface area contributed by atoms with Crippen LogP contribution in [0.25, 0.3) is 43.4 Å². The molecule has 0 spiro atoms. The van der Waals surface area contributed by atoms with E-state index in [0.29, 0.717) is 0 Å². The fourth-order valence-corrected chi connectivity index (χ4v) is 9.99. The Morgan fingerprint density at radius 3 is 1.34 bits per heavy atom. The number of hydrogen-bond donors (Lipinski definition) is 0. The molecule has 0 heterocycles. The molecule has 0 saturated carbocycles. The van der Waals surface area contributed by atoms with Crippen LogP contribution in [0.15, 0.2) is 182 Å². The monoisotopic (exact) mass is 682 g/mol. The molecule has 0 nitrogen and oxygen atoms in total. The summed E-state index contributed by atoms with van der Waals surface area (Å²) in [5.74, 6) is 0. The minimum absolute atomic E-state index is 1.15. The zero-order valence-corrected chi connectivity index (χ0v) is 28.0. The average Bonchev–Trinajstić information content (AvgIpc) is 3.69. The molecule has 3 heteroatoms. The van der Waals surface area contributed by atoms with E-state index in [2.05, 4.69) is 146 Å². The zero-order chi connectivity index (χ0) is 30.1. The van der Waals surface area contributed by atoms with E-state index < -0.39 is 18.9 Å². The van der Waals surface area contributed by atoms with Gasteiger partial charge in [0.15, 0.2) is 0 Å². The summed E-state index contributed by atoms with van der Waals surface area (Å²) in [5.41, 5.74) is 4.91. The SMILES string of the molecule is [Cl][Zr]([Cl])=[C](c1ccccc1)c1ccccc1.c1ccc(-c2c[cH-]c3ccccc23)cc1.c1ccc2c(c1)[cH-]c1ccccc12. The summed E-state index contributed by atoms with van der Waals surface area (Å²) < 4.78 is 1.15. The Bertz CT molecular complexity index is 2030. The van der Waals surface area contributed by atoms with Crippen LogP contribution in [-0.2, 0) is 18.9 Å². The number of fused-ring (bicyclic) bond motifs is 4. The molecule has 0 aliphatic heterocycles. The van der Waals surface area contributed by atoms with Crippen molar-refractivity contribution in [2.45, 2.75) is 0 Å². The van der Waals surface area contributed by atoms with E-state index >= 15 is 0 Å². The molecule has 0 radical (unpaired) electrons. The van der Waals surface area contributed by atoms with Gasteiger partial charge in [-0.25, -0.2) is 0 Å². The molecule has 0 unspecified atom stereocenters. The van der Waals surface area contributed by atoms with Crippen LogP contribution in [0.3, 0.4) is 0 Å². The van der Waals surface area contributed by atoms with E-state index in [4.69, 9.17) is 17.0 Å². The molecule has 0 saturated heterocycles. The normalized spacial score (nSPS) is 10.5. The van der Waals surface area contributed by atoms with Crippen molar-refractivity contribution in [2.75, 3.05) is 0 Å². The molecule has 44 heavy (non-hydrogen) atoms. The van der Waals surface area contributed by atoms with Crippen LogP contribution in [-0.4, -0.2) is 3.21 Å². The maximum atomic E-state index is 6.24. The first kappa shape index (κ1) is 30.2. The van der Waals surface area contributed by atoms with Crippen molar-refractivity contribution in [3.63, 3.8) is 0 Å². The molecule has 0 aromatic heterocycles. The van der Waals surface area contributed by atoms with Crippen molar-refractivity contribution < 1.29 is 18.9 Å². The van der Waals surface area contributed by atoms with Crippen LogP contribution < -0.4 is 0 Å². The van der Waals surface area contributed by atoms with Crippen LogP contribution in [0.1, 0.15) is 11.1 Å². The predicted octanol–water partition coefficient (Wildman–Crippen LogP) is 12.1. The van der Waals surface area contributed by atoms with E-state index in [0.717, 1.165) is 14.3 Å². The summed E-state index contributed by atoms with van der Waals surface area (Å²) in [7, 11) is 12.5. The summed E-state index contributed by atoms with van der Waals surface area (Å²) in [6, 6.07) is 63.0. The van der Waals surface area contributed by atoms with E-state index in [1.54, 1.807) is 0 Å². The fourth-order valence-electron chi connectivity index (χ4n) is 5.52. The van der Waals surface area contributed by atoms with Crippen molar-refractivity contribution in [3.05, 3.63) is 193 Å². The molecule has 214 valence electrons. The standard InChI is InChI=1S/C15H11.C13H9.C13H10.2ClH.Zr/c1-2-6-12(7-3-1)15-11-10-13-8-4-5-9-14(13)15;1-3-7-12-10(5-1)9-11-6-2-4-8-13(11)12;1-3-7-12(8-4-1)11-13-9-5-2-6-10-13;;;/h1-11H;1-9H;1-10H;2*1H;/q2*-1;;;;+2/p-2. The second-order valence-electron chi connectivity index (χ2n) is 10.4. The van der Waals surface area contributed by atoms with Gasteiger partial charge in [0.25, 0.3) is 0 Å². The minimum Gasteiger partial charge on any atom is -0.150 e. The van der Waals surface area contributed by atoms with Gasteiger partial charge in [0, 0.05) is 0 Å². The number of hydrogen-bond acceptors (Lipinski definition) is 0. The maximum absolute atomic E-state index is 6.24. The van der Waals surface area contributed by atoms with Crippen molar-refractivity contribution in [3.8, 4) is 11.1 Å². The Kier molecular flexibility index (Phi) is 10.1. The Morgan fingerprint density at radius 1 is 0.432 bits per heavy atom. The molecular formula is C41H30Cl2Zr-2. The van der Waals surface area contributed by atoms with Gasteiger partial charge in [-0.2, -0.15) is 0 Å². The second kappa shape index (κ2) is 14.7. The van der Waals surface area contributed by atoms with Crippen LogP contribution >= 0.6 is 17.0 Å². The first-order valence-electron chi connectivity index (χ1n) is 14.6. The van der Waals surface area contributed by atoms with E-state index in [9.17, 15) is 0 Å². The Morgan fingerprint density at radius 2 is 0.841 bits per heavy atom. The van der Waals surface area contributed by atoms with Crippen molar-refractivity contribution in [1.29, 1.82) is 0 Å². The molecule has 0 bridgehead atoms. The third kappa shape index (κ3) is 7.09. The van der Waals surface area contributed by atoms with Gasteiger partial charge >= 0.3 is 111 Å². The van der Waals surface area contributed by atoms with Crippen LogP contribution in [0.4, 0.5) is 0 Å². The van der Waals surface area contributed by atoms with Gasteiger partial charge in [0.1, 0.15) is 0 Å². The van der Waals surface area contributed by atoms with Gasteiger partial charge in [-0.1, -0.05) is 78.4 Å². The molecule has 0 atom stereocenters. The topological polar surface area (TPSA) is 0 Å². The Hall–Kier alpha value is -3.87. The van der Waals surface area contributed by atoms with Gasteiger partial charge in [0.05, 0.1) is 0 Å². The number of halogens is 2. The van der Waals surface area contributed by atoms with Crippen molar-refractivity contribution >= 4 is 52.5 Å². The third-order valence-electron chi connectivity index (χ3n) is 7.60. The quantitative estimate of drug-likeness (QED) is 0.163. The number of rotatable bonds is 3. The molecule has 0 aliphatic rings. The largest absolute Gasteiger partial charge is 0.150 e.